The molecule has 148 valence electrons. The first kappa shape index (κ1) is 18.9. The summed E-state index contributed by atoms with van der Waals surface area (Å²) in [5, 5.41) is 8.98. The number of amides is 1. The van der Waals surface area contributed by atoms with Crippen LogP contribution in [-0.2, 0) is 11.3 Å². The van der Waals surface area contributed by atoms with Gasteiger partial charge in [0.15, 0.2) is 0 Å². The summed E-state index contributed by atoms with van der Waals surface area (Å²) in [6, 6.07) is 11.4. The lowest BCUT2D eigenvalue weighted by Crippen LogP contribution is -2.29. The molecule has 9 heteroatoms. The molecule has 0 fully saturated rings. The molecule has 1 amide bonds. The highest BCUT2D eigenvalue weighted by atomic mass is 32.1. The van der Waals surface area contributed by atoms with E-state index in [1.165, 1.54) is 16.0 Å². The van der Waals surface area contributed by atoms with E-state index in [0.29, 0.717) is 0 Å². The van der Waals surface area contributed by atoms with Crippen molar-refractivity contribution >= 4 is 17.2 Å². The number of aryl methyl sites for hydroxylation is 1. The molecule has 0 aliphatic carbocycles. The summed E-state index contributed by atoms with van der Waals surface area (Å²) in [5.41, 5.74) is 1.98. The zero-order chi connectivity index (χ0) is 20.2. The Kier molecular flexibility index (Phi) is 5.39. The predicted octanol–water partition coefficient (Wildman–Crippen LogP) is 3.02. The number of benzene rings is 1. The number of imidazole rings is 1. The molecule has 1 N–H and O–H groups in total. The van der Waals surface area contributed by atoms with E-state index in [2.05, 4.69) is 15.4 Å². The highest BCUT2D eigenvalue weighted by molar-refractivity contribution is 7.13. The summed E-state index contributed by atoms with van der Waals surface area (Å²) in [6.07, 6.45) is 5.46. The molecule has 0 bridgehead atoms. The largest absolute Gasteiger partial charge is 0.437 e. The van der Waals surface area contributed by atoms with E-state index in [9.17, 15) is 9.59 Å². The van der Waals surface area contributed by atoms with E-state index >= 15 is 0 Å². The average Bonchev–Trinajstić information content (AvgIpc) is 3.48. The molecule has 4 rings (SSSR count). The summed E-state index contributed by atoms with van der Waals surface area (Å²) in [5.74, 6) is -0.454. The highest BCUT2D eigenvalue weighted by Gasteiger charge is 2.14. The number of carbonyl (C=O) groups excluding carboxylic acids is 1. The van der Waals surface area contributed by atoms with Crippen LogP contribution in [0.5, 0.6) is 0 Å². The van der Waals surface area contributed by atoms with Crippen LogP contribution in [0.1, 0.15) is 24.9 Å². The zero-order valence-electron chi connectivity index (χ0n) is 15.7. The van der Waals surface area contributed by atoms with Crippen LogP contribution in [0.3, 0.4) is 0 Å². The van der Waals surface area contributed by atoms with Crippen LogP contribution in [0.15, 0.2) is 69.7 Å². The van der Waals surface area contributed by atoms with Gasteiger partial charge < -0.3 is 14.3 Å². The topological polar surface area (TPSA) is 95.0 Å². The van der Waals surface area contributed by atoms with Crippen molar-refractivity contribution in [1.29, 1.82) is 0 Å². The lowest BCUT2D eigenvalue weighted by atomic mass is 10.1. The Morgan fingerprint density at radius 3 is 2.79 bits per heavy atom. The Morgan fingerprint density at radius 1 is 1.28 bits per heavy atom. The zero-order valence-corrected chi connectivity index (χ0v) is 16.5. The minimum atomic E-state index is -0.565. The first-order valence-corrected chi connectivity index (χ1v) is 9.97. The van der Waals surface area contributed by atoms with Crippen molar-refractivity contribution in [1.82, 2.24) is 24.6 Å². The van der Waals surface area contributed by atoms with Gasteiger partial charge in [-0.1, -0.05) is 18.2 Å². The molecule has 3 aromatic heterocycles. The first-order valence-electron chi connectivity index (χ1n) is 9.09. The molecule has 8 nitrogen and oxygen atoms in total. The standard InChI is InChI=1S/C20H19N5O3S/c1-14(15-4-6-16(7-5-15)24-11-9-21-13-24)22-18(26)8-10-25-20(27)28-19(23-25)17-3-2-12-29-17/h2-7,9,11-14H,8,10H2,1H3,(H,22,26). The minimum Gasteiger partial charge on any atom is -0.387 e. The molecule has 1 aromatic carbocycles. The van der Waals surface area contributed by atoms with E-state index in [-0.39, 0.29) is 30.8 Å². The van der Waals surface area contributed by atoms with Crippen LogP contribution in [0, 0.1) is 0 Å². The fourth-order valence-corrected chi connectivity index (χ4v) is 3.54. The second-order valence-corrected chi connectivity index (χ2v) is 7.42. The molecule has 29 heavy (non-hydrogen) atoms. The summed E-state index contributed by atoms with van der Waals surface area (Å²) in [4.78, 5) is 29.0. The van der Waals surface area contributed by atoms with Gasteiger partial charge in [0.25, 0.3) is 5.89 Å². The smallest absolute Gasteiger partial charge is 0.387 e. The van der Waals surface area contributed by atoms with Gasteiger partial charge in [0.2, 0.25) is 5.91 Å². The number of rotatable bonds is 7. The SMILES string of the molecule is CC(NC(=O)CCn1nc(-c2cccs2)oc1=O)c1ccc(-n2ccnc2)cc1. The van der Waals surface area contributed by atoms with Gasteiger partial charge in [0.1, 0.15) is 0 Å². The number of nitrogens with one attached hydrogen (secondary N) is 1. The van der Waals surface area contributed by atoms with E-state index in [4.69, 9.17) is 4.42 Å². The minimum absolute atomic E-state index is 0.133. The molecule has 0 saturated carbocycles. The van der Waals surface area contributed by atoms with E-state index in [1.54, 1.807) is 12.5 Å². The van der Waals surface area contributed by atoms with Gasteiger partial charge in [-0.3, -0.25) is 4.79 Å². The second-order valence-electron chi connectivity index (χ2n) is 6.47. The number of thiophene rings is 1. The van der Waals surface area contributed by atoms with Crippen LogP contribution < -0.4 is 11.1 Å². The summed E-state index contributed by atoms with van der Waals surface area (Å²) < 4.78 is 8.24. The molecule has 0 saturated heterocycles. The van der Waals surface area contributed by atoms with Gasteiger partial charge in [-0.05, 0) is 36.1 Å². The summed E-state index contributed by atoms with van der Waals surface area (Å²) in [6.45, 7) is 2.08. The highest BCUT2D eigenvalue weighted by Crippen LogP contribution is 2.21. The number of nitrogens with zero attached hydrogens (tertiary/aromatic N) is 4. The molecule has 1 unspecified atom stereocenters. The third kappa shape index (κ3) is 4.35. The van der Waals surface area contributed by atoms with Crippen molar-refractivity contribution in [2.45, 2.75) is 25.9 Å². The van der Waals surface area contributed by atoms with Crippen LogP contribution in [0.4, 0.5) is 0 Å². The molecule has 0 aliphatic heterocycles. The Morgan fingerprint density at radius 2 is 2.10 bits per heavy atom. The van der Waals surface area contributed by atoms with Gasteiger partial charge in [0.05, 0.1) is 23.8 Å². The molecule has 3 heterocycles. The number of aromatic nitrogens is 4. The quantitative estimate of drug-likeness (QED) is 0.506. The average molecular weight is 409 g/mol. The fraction of sp³-hybridized carbons (Fsp3) is 0.200. The van der Waals surface area contributed by atoms with Crippen molar-refractivity contribution in [3.05, 3.63) is 76.6 Å². The third-order valence-corrected chi connectivity index (χ3v) is 5.32. The number of hydrogen-bond donors (Lipinski definition) is 1. The molecule has 0 aliphatic rings. The maximum atomic E-state index is 12.3. The molecule has 0 spiro atoms. The maximum Gasteiger partial charge on any atom is 0.437 e. The lowest BCUT2D eigenvalue weighted by molar-refractivity contribution is -0.122. The Labute approximate surface area is 170 Å². The van der Waals surface area contributed by atoms with Gasteiger partial charge in [-0.25, -0.2) is 9.78 Å². The monoisotopic (exact) mass is 409 g/mol. The van der Waals surface area contributed by atoms with Gasteiger partial charge in [-0.15, -0.1) is 16.4 Å². The van der Waals surface area contributed by atoms with Crippen molar-refractivity contribution in [3.8, 4) is 16.5 Å². The van der Waals surface area contributed by atoms with Gasteiger partial charge in [-0.2, -0.15) is 4.68 Å². The molecule has 4 aromatic rings. The van der Waals surface area contributed by atoms with Crippen LogP contribution >= 0.6 is 11.3 Å². The summed E-state index contributed by atoms with van der Waals surface area (Å²) >= 11 is 1.44. The molecule has 0 radical (unpaired) electrons. The van der Waals surface area contributed by atoms with E-state index < -0.39 is 5.76 Å². The van der Waals surface area contributed by atoms with Crippen molar-refractivity contribution < 1.29 is 9.21 Å². The van der Waals surface area contributed by atoms with E-state index in [1.807, 2.05) is 59.5 Å². The van der Waals surface area contributed by atoms with Crippen LogP contribution in [0.25, 0.3) is 16.5 Å². The second kappa shape index (κ2) is 8.27. The van der Waals surface area contributed by atoms with Gasteiger partial charge in [0, 0.05) is 24.5 Å². The summed E-state index contributed by atoms with van der Waals surface area (Å²) in [7, 11) is 0. The third-order valence-electron chi connectivity index (χ3n) is 4.46. The van der Waals surface area contributed by atoms with Crippen LogP contribution in [-0.4, -0.2) is 25.2 Å². The predicted molar refractivity (Wildman–Crippen MR) is 109 cm³/mol. The van der Waals surface area contributed by atoms with Crippen molar-refractivity contribution in [3.63, 3.8) is 0 Å². The maximum absolute atomic E-state index is 12.3. The fourth-order valence-electron chi connectivity index (χ4n) is 2.90. The molecule has 1 atom stereocenters. The Balaban J connectivity index is 1.33. The van der Waals surface area contributed by atoms with Crippen molar-refractivity contribution in [2.24, 2.45) is 0 Å². The Hall–Kier alpha value is -3.46. The lowest BCUT2D eigenvalue weighted by Gasteiger charge is -2.15. The van der Waals surface area contributed by atoms with E-state index in [0.717, 1.165) is 16.1 Å². The number of carbonyl (C=O) groups is 1. The van der Waals surface area contributed by atoms with Crippen LogP contribution in [0.2, 0.25) is 0 Å². The van der Waals surface area contributed by atoms with Gasteiger partial charge >= 0.3 is 5.76 Å². The number of hydrogen-bond acceptors (Lipinski definition) is 6. The Bertz CT molecular complexity index is 1130. The normalized spacial score (nSPS) is 12.0. The molecular weight excluding hydrogens is 390 g/mol. The van der Waals surface area contributed by atoms with Crippen molar-refractivity contribution in [2.75, 3.05) is 0 Å². The molecular formula is C20H19N5O3S. The first-order chi connectivity index (χ1) is 14.1.